The lowest BCUT2D eigenvalue weighted by atomic mass is 9.83. The van der Waals surface area contributed by atoms with Gasteiger partial charge in [0.2, 0.25) is 0 Å². The summed E-state index contributed by atoms with van der Waals surface area (Å²) in [7, 11) is 3.46. The number of benzene rings is 1. The summed E-state index contributed by atoms with van der Waals surface area (Å²) in [5.74, 6) is 0.0199. The lowest BCUT2D eigenvalue weighted by molar-refractivity contribution is 0.268. The van der Waals surface area contributed by atoms with Crippen molar-refractivity contribution in [1.29, 1.82) is 0 Å². The van der Waals surface area contributed by atoms with Crippen LogP contribution in [-0.2, 0) is 6.42 Å². The van der Waals surface area contributed by atoms with E-state index in [-0.39, 0.29) is 11.2 Å². The van der Waals surface area contributed by atoms with Gasteiger partial charge in [-0.3, -0.25) is 0 Å². The Morgan fingerprint density at radius 3 is 2.44 bits per heavy atom. The molecule has 0 fully saturated rings. The van der Waals surface area contributed by atoms with E-state index in [1.54, 1.807) is 12.1 Å². The lowest BCUT2D eigenvalue weighted by Crippen LogP contribution is -2.38. The standard InChI is InChI=1S/C15H24FNO/c1-15(2,3)14(17-4)9-7-11-6-8-13(18-5)12(16)10-11/h6,8,10,14,17H,7,9H2,1-5H3. The van der Waals surface area contributed by atoms with E-state index in [2.05, 4.69) is 26.1 Å². The molecule has 0 aliphatic carbocycles. The van der Waals surface area contributed by atoms with E-state index >= 15 is 0 Å². The first-order chi connectivity index (χ1) is 8.38. The van der Waals surface area contributed by atoms with Crippen LogP contribution in [0.2, 0.25) is 0 Å². The van der Waals surface area contributed by atoms with Crippen molar-refractivity contribution in [3.8, 4) is 5.75 Å². The van der Waals surface area contributed by atoms with E-state index < -0.39 is 0 Å². The molecule has 1 aromatic rings. The Morgan fingerprint density at radius 1 is 1.33 bits per heavy atom. The molecular weight excluding hydrogens is 229 g/mol. The third kappa shape index (κ3) is 3.98. The molecule has 2 nitrogen and oxygen atoms in total. The highest BCUT2D eigenvalue weighted by molar-refractivity contribution is 5.29. The minimum atomic E-state index is -0.285. The molecule has 0 heterocycles. The summed E-state index contributed by atoms with van der Waals surface area (Å²) < 4.78 is 18.5. The quantitative estimate of drug-likeness (QED) is 0.868. The van der Waals surface area contributed by atoms with E-state index in [0.717, 1.165) is 18.4 Å². The minimum Gasteiger partial charge on any atom is -0.494 e. The molecule has 0 saturated carbocycles. The van der Waals surface area contributed by atoms with Crippen molar-refractivity contribution in [1.82, 2.24) is 5.32 Å². The fourth-order valence-electron chi connectivity index (χ4n) is 2.19. The summed E-state index contributed by atoms with van der Waals surface area (Å²) in [5.41, 5.74) is 1.22. The molecule has 3 heteroatoms. The Morgan fingerprint density at radius 2 is 2.00 bits per heavy atom. The molecule has 18 heavy (non-hydrogen) atoms. The summed E-state index contributed by atoms with van der Waals surface area (Å²) in [6, 6.07) is 5.60. The predicted octanol–water partition coefficient (Wildman–Crippen LogP) is 3.40. The Kier molecular flexibility index (Phi) is 5.15. The molecule has 1 unspecified atom stereocenters. The number of ether oxygens (including phenoxy) is 1. The fourth-order valence-corrected chi connectivity index (χ4v) is 2.19. The van der Waals surface area contributed by atoms with Crippen molar-refractivity contribution >= 4 is 0 Å². The van der Waals surface area contributed by atoms with Gasteiger partial charge in [0.1, 0.15) is 0 Å². The highest BCUT2D eigenvalue weighted by Gasteiger charge is 2.22. The van der Waals surface area contributed by atoms with Gasteiger partial charge in [-0.15, -0.1) is 0 Å². The van der Waals surface area contributed by atoms with Crippen molar-refractivity contribution in [2.75, 3.05) is 14.2 Å². The molecule has 0 bridgehead atoms. The van der Waals surface area contributed by atoms with E-state index in [1.165, 1.54) is 7.11 Å². The summed E-state index contributed by atoms with van der Waals surface area (Å²) in [4.78, 5) is 0. The molecule has 102 valence electrons. The average molecular weight is 253 g/mol. The second-order valence-electron chi connectivity index (χ2n) is 5.71. The summed E-state index contributed by atoms with van der Waals surface area (Å²) in [6.07, 6.45) is 1.86. The van der Waals surface area contributed by atoms with Gasteiger partial charge in [0.15, 0.2) is 11.6 Å². The Hall–Kier alpha value is -1.09. The topological polar surface area (TPSA) is 21.3 Å². The first-order valence-electron chi connectivity index (χ1n) is 6.38. The molecule has 0 aromatic heterocycles. The van der Waals surface area contributed by atoms with Crippen molar-refractivity contribution in [2.24, 2.45) is 5.41 Å². The van der Waals surface area contributed by atoms with Crippen molar-refractivity contribution in [2.45, 2.75) is 39.7 Å². The molecule has 0 aliphatic heterocycles. The number of aryl methyl sites for hydroxylation is 1. The Balaban J connectivity index is 2.66. The fraction of sp³-hybridized carbons (Fsp3) is 0.600. The highest BCUT2D eigenvalue weighted by atomic mass is 19.1. The van der Waals surface area contributed by atoms with Gasteiger partial charge in [-0.05, 0) is 43.0 Å². The van der Waals surface area contributed by atoms with Crippen LogP contribution in [-0.4, -0.2) is 20.2 Å². The van der Waals surface area contributed by atoms with Gasteiger partial charge in [-0.2, -0.15) is 0 Å². The molecule has 0 radical (unpaired) electrons. The van der Waals surface area contributed by atoms with Gasteiger partial charge in [-0.1, -0.05) is 26.8 Å². The molecule has 1 atom stereocenters. The zero-order chi connectivity index (χ0) is 13.8. The van der Waals surface area contributed by atoms with Gasteiger partial charge < -0.3 is 10.1 Å². The summed E-state index contributed by atoms with van der Waals surface area (Å²) >= 11 is 0. The third-order valence-corrected chi connectivity index (χ3v) is 3.33. The zero-order valence-electron chi connectivity index (χ0n) is 12.0. The van der Waals surface area contributed by atoms with Crippen LogP contribution in [0.25, 0.3) is 0 Å². The minimum absolute atomic E-state index is 0.208. The second kappa shape index (κ2) is 6.19. The van der Waals surface area contributed by atoms with Crippen LogP contribution in [0.4, 0.5) is 4.39 Å². The molecule has 0 spiro atoms. The van der Waals surface area contributed by atoms with Gasteiger partial charge in [-0.25, -0.2) is 4.39 Å². The number of hydrogen-bond acceptors (Lipinski definition) is 2. The predicted molar refractivity (Wildman–Crippen MR) is 73.6 cm³/mol. The Labute approximate surface area is 110 Å². The maximum atomic E-state index is 13.6. The first-order valence-corrected chi connectivity index (χ1v) is 6.38. The Bertz CT molecular complexity index is 385. The zero-order valence-corrected chi connectivity index (χ0v) is 12.0. The van der Waals surface area contributed by atoms with Gasteiger partial charge in [0.25, 0.3) is 0 Å². The van der Waals surface area contributed by atoms with Gasteiger partial charge >= 0.3 is 0 Å². The maximum Gasteiger partial charge on any atom is 0.165 e. The molecule has 1 aromatic carbocycles. The van der Waals surface area contributed by atoms with E-state index in [9.17, 15) is 4.39 Å². The van der Waals surface area contributed by atoms with Crippen LogP contribution >= 0.6 is 0 Å². The first kappa shape index (κ1) is 15.0. The third-order valence-electron chi connectivity index (χ3n) is 3.33. The molecule has 1 rings (SSSR count). The van der Waals surface area contributed by atoms with E-state index in [4.69, 9.17) is 4.74 Å². The van der Waals surface area contributed by atoms with Crippen LogP contribution in [0.15, 0.2) is 18.2 Å². The number of nitrogens with one attached hydrogen (secondary N) is 1. The van der Waals surface area contributed by atoms with Crippen LogP contribution in [0.1, 0.15) is 32.8 Å². The van der Waals surface area contributed by atoms with Gasteiger partial charge in [0, 0.05) is 6.04 Å². The van der Waals surface area contributed by atoms with Crippen LogP contribution in [0, 0.1) is 11.2 Å². The molecular formula is C15H24FNO. The van der Waals surface area contributed by atoms with Gasteiger partial charge in [0.05, 0.1) is 7.11 Å². The average Bonchev–Trinajstić information content (AvgIpc) is 2.28. The van der Waals surface area contributed by atoms with Crippen LogP contribution in [0.3, 0.4) is 0 Å². The molecule has 0 amide bonds. The number of methoxy groups -OCH3 is 1. The van der Waals surface area contributed by atoms with Crippen molar-refractivity contribution in [3.05, 3.63) is 29.6 Å². The van der Waals surface area contributed by atoms with E-state index in [0.29, 0.717) is 11.8 Å². The molecule has 0 aliphatic rings. The van der Waals surface area contributed by atoms with Crippen molar-refractivity contribution in [3.63, 3.8) is 0 Å². The molecule has 1 N–H and O–H groups in total. The largest absolute Gasteiger partial charge is 0.494 e. The smallest absolute Gasteiger partial charge is 0.165 e. The van der Waals surface area contributed by atoms with Crippen LogP contribution < -0.4 is 10.1 Å². The maximum absolute atomic E-state index is 13.6. The highest BCUT2D eigenvalue weighted by Crippen LogP contribution is 2.24. The SMILES string of the molecule is CNC(CCc1ccc(OC)c(F)c1)C(C)(C)C. The number of rotatable bonds is 5. The van der Waals surface area contributed by atoms with Crippen molar-refractivity contribution < 1.29 is 9.13 Å². The second-order valence-corrected chi connectivity index (χ2v) is 5.71. The summed E-state index contributed by atoms with van der Waals surface area (Å²) in [5, 5.41) is 3.33. The van der Waals surface area contributed by atoms with E-state index in [1.807, 2.05) is 13.1 Å². The van der Waals surface area contributed by atoms with Crippen LogP contribution in [0.5, 0.6) is 5.75 Å². The monoisotopic (exact) mass is 253 g/mol. The number of halogens is 1. The number of hydrogen-bond donors (Lipinski definition) is 1. The normalized spacial score (nSPS) is 13.4. The lowest BCUT2D eigenvalue weighted by Gasteiger charge is -2.30. The molecule has 0 saturated heterocycles. The summed E-state index contributed by atoms with van der Waals surface area (Å²) in [6.45, 7) is 6.63.